The lowest BCUT2D eigenvalue weighted by Gasteiger charge is -2.58. The van der Waals surface area contributed by atoms with E-state index >= 15 is 0 Å². The van der Waals surface area contributed by atoms with Gasteiger partial charge in [0.15, 0.2) is 11.6 Å². The molecule has 5 aliphatic rings. The zero-order valence-corrected chi connectivity index (χ0v) is 21.5. The molecule has 8 heteroatoms. The average molecular weight is 499 g/mol. The maximum atomic E-state index is 14.3. The van der Waals surface area contributed by atoms with Gasteiger partial charge in [0.05, 0.1) is 10.8 Å². The van der Waals surface area contributed by atoms with E-state index in [1.807, 2.05) is 19.1 Å². The second-order valence-corrected chi connectivity index (χ2v) is 11.3. The summed E-state index contributed by atoms with van der Waals surface area (Å²) in [4.78, 5) is 28.0. The van der Waals surface area contributed by atoms with Crippen molar-refractivity contribution in [3.05, 3.63) is 59.1 Å². The highest BCUT2D eigenvalue weighted by Gasteiger charge is 2.98. The highest BCUT2D eigenvalue weighted by Crippen LogP contribution is 2.84. The first-order chi connectivity index (χ1) is 16.7. The van der Waals surface area contributed by atoms with Gasteiger partial charge < -0.3 is 29.9 Å². The van der Waals surface area contributed by atoms with E-state index in [1.54, 1.807) is 25.2 Å². The van der Waals surface area contributed by atoms with Crippen LogP contribution in [0, 0.1) is 22.7 Å². The van der Waals surface area contributed by atoms with Gasteiger partial charge in [0.25, 0.3) is 0 Å². The zero-order chi connectivity index (χ0) is 26.7. The molecule has 2 aliphatic heterocycles. The first-order valence-electron chi connectivity index (χ1n) is 12.4. The smallest absolute Gasteiger partial charge is 0.210 e. The zero-order valence-electron chi connectivity index (χ0n) is 21.5. The molecule has 0 aromatic heterocycles. The lowest BCUT2D eigenvalue weighted by Crippen LogP contribution is -2.72. The van der Waals surface area contributed by atoms with Crippen molar-refractivity contribution in [2.24, 2.45) is 22.7 Å². The van der Waals surface area contributed by atoms with Crippen LogP contribution in [0.15, 0.2) is 59.1 Å². The number of hydrogen-bond acceptors (Lipinski definition) is 8. The molecule has 2 heterocycles. The second-order valence-electron chi connectivity index (χ2n) is 11.3. The summed E-state index contributed by atoms with van der Waals surface area (Å²) in [6.07, 6.45) is 10.5. The Morgan fingerprint density at radius 1 is 0.944 bits per heavy atom. The Hall–Kier alpha value is -2.52. The van der Waals surface area contributed by atoms with Gasteiger partial charge in [-0.15, -0.1) is 0 Å². The molecule has 36 heavy (non-hydrogen) atoms. The molecule has 8 nitrogen and oxygen atoms in total. The van der Waals surface area contributed by atoms with E-state index in [0.717, 1.165) is 0 Å². The monoisotopic (exact) mass is 498 g/mol. The quantitative estimate of drug-likeness (QED) is 0.189. The lowest BCUT2D eigenvalue weighted by molar-refractivity contribution is -0.451. The summed E-state index contributed by atoms with van der Waals surface area (Å²) < 4.78 is 12.5. The summed E-state index contributed by atoms with van der Waals surface area (Å²) >= 11 is 0. The van der Waals surface area contributed by atoms with Crippen LogP contribution in [0.3, 0.4) is 0 Å². The highest BCUT2D eigenvalue weighted by atomic mass is 16.8. The summed E-state index contributed by atoms with van der Waals surface area (Å²) in [5, 5.41) is 47.4. The van der Waals surface area contributed by atoms with Crippen LogP contribution in [-0.2, 0) is 19.1 Å². The molecule has 0 amide bonds. The van der Waals surface area contributed by atoms with Crippen LogP contribution in [0.4, 0.5) is 0 Å². The number of aliphatic hydroxyl groups is 4. The van der Waals surface area contributed by atoms with E-state index in [9.17, 15) is 30.0 Å². The molecular weight excluding hydrogens is 464 g/mol. The summed E-state index contributed by atoms with van der Waals surface area (Å²) in [6.45, 7) is 9.66. The Morgan fingerprint density at radius 3 is 2.11 bits per heavy atom. The number of ketones is 2. The summed E-state index contributed by atoms with van der Waals surface area (Å²) in [5.74, 6) is -8.64. The SMILES string of the molecule is C/C=C/C=C/C(O)=C1\C(=O)[C@@]2(C)[C@H]3C(C(=O)CC/C=C/C)=C(O)[C@@]4(C)[C@@H]1[C@]1(C)O[C@@]4(O)[C@@]3(C)O[C@@]12O. The number of carbonyl (C=O) groups is 2. The molecule has 0 spiro atoms. The van der Waals surface area contributed by atoms with E-state index in [2.05, 4.69) is 0 Å². The van der Waals surface area contributed by atoms with E-state index < -0.39 is 57.0 Å². The van der Waals surface area contributed by atoms with Crippen molar-refractivity contribution < 1.29 is 39.5 Å². The molecule has 0 unspecified atom stereocenters. The maximum absolute atomic E-state index is 14.3. The first-order valence-corrected chi connectivity index (χ1v) is 12.4. The average Bonchev–Trinajstić information content (AvgIpc) is 3.12. The molecular formula is C28H34O8. The number of rotatable bonds is 6. The Labute approximate surface area is 210 Å². The van der Waals surface area contributed by atoms with Gasteiger partial charge in [-0.1, -0.05) is 30.4 Å². The van der Waals surface area contributed by atoms with Gasteiger partial charge >= 0.3 is 0 Å². The van der Waals surface area contributed by atoms with Gasteiger partial charge in [0.1, 0.15) is 22.7 Å². The molecule has 0 aromatic rings. The molecule has 5 rings (SSSR count). The van der Waals surface area contributed by atoms with Crippen LogP contribution in [0.25, 0.3) is 0 Å². The van der Waals surface area contributed by atoms with Gasteiger partial charge in [-0.25, -0.2) is 0 Å². The molecule has 0 aromatic carbocycles. The van der Waals surface area contributed by atoms with Crippen molar-refractivity contribution in [3.63, 3.8) is 0 Å². The summed E-state index contributed by atoms with van der Waals surface area (Å²) in [7, 11) is 0. The minimum Gasteiger partial charge on any atom is -0.511 e. The van der Waals surface area contributed by atoms with E-state index in [4.69, 9.17) is 9.47 Å². The fourth-order valence-electron chi connectivity index (χ4n) is 8.16. The van der Waals surface area contributed by atoms with Crippen LogP contribution in [-0.4, -0.2) is 54.8 Å². The number of allylic oxidation sites excluding steroid dienone is 6. The number of carbonyl (C=O) groups excluding carboxylic acids is 2. The van der Waals surface area contributed by atoms with Gasteiger partial charge in [0, 0.05) is 29.4 Å². The van der Waals surface area contributed by atoms with E-state index in [1.165, 1.54) is 33.8 Å². The van der Waals surface area contributed by atoms with Crippen molar-refractivity contribution in [1.29, 1.82) is 0 Å². The fourth-order valence-corrected chi connectivity index (χ4v) is 8.16. The standard InChI is InChI=1S/C28H34O8/c1-7-9-11-13-15(29)17-19-23(3)22(32)18(16(30)14-12-10-8-2)20-24(4,21(17)31)28(34)25(19,5)35-27(23,33)26(20,6)36-28/h7-11,13,19-20,29,32-34H,12,14H2,1-6H3/b9-7+,10-8+,13-11+,17-15+/t19-,20-,23-,24-,25+,26+,27-,28-/m1/s1. The molecule has 4 fully saturated rings. The number of Topliss-reactive ketones (excluding diaryl/α,β-unsaturated/α-hetero) is 2. The van der Waals surface area contributed by atoms with Crippen LogP contribution in [0.1, 0.15) is 54.4 Å². The van der Waals surface area contributed by atoms with Gasteiger partial charge in [-0.05, 0) is 54.0 Å². The van der Waals surface area contributed by atoms with Crippen LogP contribution in [0.2, 0.25) is 0 Å². The Balaban J connectivity index is 1.89. The molecule has 2 saturated carbocycles. The summed E-state index contributed by atoms with van der Waals surface area (Å²) in [5.41, 5.74) is -7.18. The number of aliphatic hydroxyl groups excluding tert-OH is 2. The molecule has 2 saturated heterocycles. The Morgan fingerprint density at radius 2 is 1.53 bits per heavy atom. The van der Waals surface area contributed by atoms with Gasteiger partial charge in [-0.2, -0.15) is 0 Å². The summed E-state index contributed by atoms with van der Waals surface area (Å²) in [6, 6.07) is 0. The minimum absolute atomic E-state index is 0.0264. The van der Waals surface area contributed by atoms with Crippen LogP contribution < -0.4 is 0 Å². The predicted molar refractivity (Wildman–Crippen MR) is 129 cm³/mol. The molecule has 8 atom stereocenters. The topological polar surface area (TPSA) is 134 Å². The first kappa shape index (κ1) is 25.1. The maximum Gasteiger partial charge on any atom is 0.210 e. The largest absolute Gasteiger partial charge is 0.511 e. The normalized spacial score (nSPS) is 50.1. The van der Waals surface area contributed by atoms with Gasteiger partial charge in [0.2, 0.25) is 11.6 Å². The van der Waals surface area contributed by atoms with Crippen LogP contribution >= 0.6 is 0 Å². The van der Waals surface area contributed by atoms with Crippen LogP contribution in [0.5, 0.6) is 0 Å². The molecule has 8 bridgehead atoms. The van der Waals surface area contributed by atoms with E-state index in [0.29, 0.717) is 6.42 Å². The van der Waals surface area contributed by atoms with Crippen molar-refractivity contribution in [2.75, 3.05) is 0 Å². The predicted octanol–water partition coefficient (Wildman–Crippen LogP) is 3.48. The Kier molecular flexibility index (Phi) is 4.94. The minimum atomic E-state index is -2.24. The van der Waals surface area contributed by atoms with E-state index in [-0.39, 0.29) is 29.1 Å². The highest BCUT2D eigenvalue weighted by molar-refractivity contribution is 6.08. The number of ether oxygens (including phenoxy) is 2. The third kappa shape index (κ3) is 2.19. The van der Waals surface area contributed by atoms with Crippen molar-refractivity contribution in [1.82, 2.24) is 0 Å². The second kappa shape index (κ2) is 7.07. The Bertz CT molecular complexity index is 1240. The van der Waals surface area contributed by atoms with Crippen molar-refractivity contribution in [3.8, 4) is 0 Å². The van der Waals surface area contributed by atoms with Gasteiger partial charge in [-0.3, -0.25) is 9.59 Å². The third-order valence-corrected chi connectivity index (χ3v) is 9.68. The molecule has 194 valence electrons. The fraction of sp³-hybridized carbons (Fsp3) is 0.571. The molecule has 3 aliphatic carbocycles. The van der Waals surface area contributed by atoms with Crippen molar-refractivity contribution in [2.45, 2.75) is 77.2 Å². The molecule has 4 N–H and O–H groups in total. The van der Waals surface area contributed by atoms with Crippen molar-refractivity contribution >= 4 is 11.6 Å². The third-order valence-electron chi connectivity index (χ3n) is 9.68. The molecule has 0 radical (unpaired) electrons. The lowest BCUT2D eigenvalue weighted by atomic mass is 9.40. The number of hydrogen-bond donors (Lipinski definition) is 4.